The Morgan fingerprint density at radius 2 is 2.40 bits per heavy atom. The molecule has 1 saturated carbocycles. The van der Waals surface area contributed by atoms with Crippen LogP contribution < -0.4 is 5.32 Å². The predicted molar refractivity (Wildman–Crippen MR) is 79.6 cm³/mol. The lowest BCUT2D eigenvalue weighted by Crippen LogP contribution is -2.23. The number of hydrogen-bond donors (Lipinski definition) is 1. The van der Waals surface area contributed by atoms with Crippen LogP contribution in [0.2, 0.25) is 0 Å². The van der Waals surface area contributed by atoms with Gasteiger partial charge in [0.2, 0.25) is 5.91 Å². The van der Waals surface area contributed by atoms with Gasteiger partial charge in [-0.15, -0.1) is 11.3 Å². The standard InChI is InChI=1S/C15H19N3OS/c19-15(5-1-3-14-4-2-8-20-14)17-10-13-9-16-11-18(13)12-6-7-12/h2,4,8-9,11-12H,1,3,5-7,10H2,(H,17,19). The number of nitrogens with zero attached hydrogens (tertiary/aromatic N) is 2. The van der Waals surface area contributed by atoms with Gasteiger partial charge in [-0.2, -0.15) is 0 Å². The number of amides is 1. The summed E-state index contributed by atoms with van der Waals surface area (Å²) in [5, 5.41) is 5.07. The summed E-state index contributed by atoms with van der Waals surface area (Å²) in [6, 6.07) is 4.79. The molecule has 1 aliphatic carbocycles. The zero-order chi connectivity index (χ0) is 13.8. The zero-order valence-electron chi connectivity index (χ0n) is 11.4. The Hall–Kier alpha value is -1.62. The second-order valence-electron chi connectivity index (χ2n) is 5.23. The van der Waals surface area contributed by atoms with Crippen LogP contribution >= 0.6 is 11.3 Å². The first-order valence-electron chi connectivity index (χ1n) is 7.13. The Bertz CT molecular complexity index is 557. The number of hydrogen-bond acceptors (Lipinski definition) is 3. The van der Waals surface area contributed by atoms with E-state index in [0.717, 1.165) is 18.5 Å². The molecule has 2 aromatic heterocycles. The Balaban J connectivity index is 1.39. The molecule has 0 radical (unpaired) electrons. The van der Waals surface area contributed by atoms with Crippen molar-refractivity contribution in [3.05, 3.63) is 40.6 Å². The van der Waals surface area contributed by atoms with Crippen LogP contribution in [0.1, 0.15) is 42.3 Å². The number of aryl methyl sites for hydroxylation is 1. The third-order valence-electron chi connectivity index (χ3n) is 3.56. The van der Waals surface area contributed by atoms with E-state index in [1.54, 1.807) is 11.3 Å². The molecular weight excluding hydrogens is 270 g/mol. The maximum Gasteiger partial charge on any atom is 0.220 e. The van der Waals surface area contributed by atoms with E-state index >= 15 is 0 Å². The molecule has 0 bridgehead atoms. The quantitative estimate of drug-likeness (QED) is 0.852. The molecule has 2 heterocycles. The normalized spacial score (nSPS) is 14.4. The maximum atomic E-state index is 11.8. The Morgan fingerprint density at radius 1 is 1.50 bits per heavy atom. The first-order valence-corrected chi connectivity index (χ1v) is 8.00. The Labute approximate surface area is 122 Å². The topological polar surface area (TPSA) is 46.9 Å². The van der Waals surface area contributed by atoms with Gasteiger partial charge in [-0.05, 0) is 37.1 Å². The average Bonchev–Trinajstić information content (AvgIpc) is 2.98. The van der Waals surface area contributed by atoms with Gasteiger partial charge in [-0.25, -0.2) is 4.98 Å². The van der Waals surface area contributed by atoms with Crippen LogP contribution in [0.25, 0.3) is 0 Å². The van der Waals surface area contributed by atoms with Crippen molar-refractivity contribution in [3.8, 4) is 0 Å². The van der Waals surface area contributed by atoms with Crippen LogP contribution in [0.3, 0.4) is 0 Å². The molecule has 0 aliphatic heterocycles. The SMILES string of the molecule is O=C(CCCc1cccs1)NCc1cncn1C1CC1. The van der Waals surface area contributed by atoms with Gasteiger partial charge in [0, 0.05) is 23.5 Å². The average molecular weight is 289 g/mol. The van der Waals surface area contributed by atoms with E-state index in [9.17, 15) is 4.79 Å². The number of imidazole rings is 1. The highest BCUT2D eigenvalue weighted by atomic mass is 32.1. The molecule has 4 nitrogen and oxygen atoms in total. The van der Waals surface area contributed by atoms with Crippen molar-refractivity contribution in [1.82, 2.24) is 14.9 Å². The maximum absolute atomic E-state index is 11.8. The molecule has 1 N–H and O–H groups in total. The van der Waals surface area contributed by atoms with Crippen LogP contribution in [0, 0.1) is 0 Å². The van der Waals surface area contributed by atoms with Crippen molar-refractivity contribution in [1.29, 1.82) is 0 Å². The monoisotopic (exact) mass is 289 g/mol. The zero-order valence-corrected chi connectivity index (χ0v) is 12.2. The summed E-state index contributed by atoms with van der Waals surface area (Å²) in [5.41, 5.74) is 1.11. The summed E-state index contributed by atoms with van der Waals surface area (Å²) >= 11 is 1.75. The van der Waals surface area contributed by atoms with Crippen molar-refractivity contribution < 1.29 is 4.79 Å². The second kappa shape index (κ2) is 6.22. The number of aromatic nitrogens is 2. The van der Waals surface area contributed by atoms with Crippen LogP contribution in [0.5, 0.6) is 0 Å². The van der Waals surface area contributed by atoms with Gasteiger partial charge in [0.15, 0.2) is 0 Å². The molecule has 5 heteroatoms. The molecule has 1 fully saturated rings. The van der Waals surface area contributed by atoms with Crippen LogP contribution in [-0.4, -0.2) is 15.5 Å². The van der Waals surface area contributed by atoms with E-state index in [4.69, 9.17) is 0 Å². The van der Waals surface area contributed by atoms with Gasteiger partial charge in [-0.3, -0.25) is 4.79 Å². The summed E-state index contributed by atoms with van der Waals surface area (Å²) < 4.78 is 2.19. The number of carbonyl (C=O) groups is 1. The molecule has 2 aromatic rings. The van der Waals surface area contributed by atoms with Crippen LogP contribution in [-0.2, 0) is 17.8 Å². The molecule has 0 spiro atoms. The van der Waals surface area contributed by atoms with E-state index in [2.05, 4.69) is 32.4 Å². The van der Waals surface area contributed by atoms with Crippen LogP contribution in [0.4, 0.5) is 0 Å². The van der Waals surface area contributed by atoms with Crippen molar-refractivity contribution in [2.75, 3.05) is 0 Å². The van der Waals surface area contributed by atoms with Crippen molar-refractivity contribution in [3.63, 3.8) is 0 Å². The van der Waals surface area contributed by atoms with E-state index in [-0.39, 0.29) is 5.91 Å². The fraction of sp³-hybridized carbons (Fsp3) is 0.467. The summed E-state index contributed by atoms with van der Waals surface area (Å²) in [4.78, 5) is 17.3. The largest absolute Gasteiger partial charge is 0.350 e. The Morgan fingerprint density at radius 3 is 3.15 bits per heavy atom. The minimum Gasteiger partial charge on any atom is -0.350 e. The highest BCUT2D eigenvalue weighted by Crippen LogP contribution is 2.35. The van der Waals surface area contributed by atoms with Crippen molar-refractivity contribution >= 4 is 17.2 Å². The highest BCUT2D eigenvalue weighted by molar-refractivity contribution is 7.09. The lowest BCUT2D eigenvalue weighted by Gasteiger charge is -2.08. The van der Waals surface area contributed by atoms with E-state index in [1.165, 1.54) is 17.7 Å². The van der Waals surface area contributed by atoms with E-state index in [1.807, 2.05) is 12.5 Å². The van der Waals surface area contributed by atoms with Gasteiger partial charge in [-0.1, -0.05) is 6.07 Å². The molecule has 0 aromatic carbocycles. The summed E-state index contributed by atoms with van der Waals surface area (Å²) in [6.07, 6.45) is 8.69. The first-order chi connectivity index (χ1) is 9.83. The van der Waals surface area contributed by atoms with Crippen molar-refractivity contribution in [2.45, 2.75) is 44.7 Å². The molecule has 3 rings (SSSR count). The van der Waals surface area contributed by atoms with E-state index in [0.29, 0.717) is 19.0 Å². The first kappa shape index (κ1) is 13.4. The molecule has 1 aliphatic rings. The van der Waals surface area contributed by atoms with Gasteiger partial charge >= 0.3 is 0 Å². The fourth-order valence-corrected chi connectivity index (χ4v) is 3.06. The highest BCUT2D eigenvalue weighted by Gasteiger charge is 2.25. The molecule has 0 atom stereocenters. The third kappa shape index (κ3) is 3.48. The lowest BCUT2D eigenvalue weighted by molar-refractivity contribution is -0.121. The summed E-state index contributed by atoms with van der Waals surface area (Å²) in [7, 11) is 0. The molecular formula is C15H19N3OS. The number of rotatable bonds is 7. The second-order valence-corrected chi connectivity index (χ2v) is 6.27. The number of thiophene rings is 1. The van der Waals surface area contributed by atoms with Gasteiger partial charge in [0.1, 0.15) is 0 Å². The molecule has 20 heavy (non-hydrogen) atoms. The third-order valence-corrected chi connectivity index (χ3v) is 4.50. The van der Waals surface area contributed by atoms with Crippen LogP contribution in [0.15, 0.2) is 30.0 Å². The van der Waals surface area contributed by atoms with Gasteiger partial charge in [0.25, 0.3) is 0 Å². The minimum absolute atomic E-state index is 0.130. The molecule has 1 amide bonds. The molecule has 0 saturated heterocycles. The minimum atomic E-state index is 0.130. The summed E-state index contributed by atoms with van der Waals surface area (Å²) in [5.74, 6) is 0.130. The van der Waals surface area contributed by atoms with E-state index < -0.39 is 0 Å². The predicted octanol–water partition coefficient (Wildman–Crippen LogP) is 2.92. The number of carbonyl (C=O) groups excluding carboxylic acids is 1. The van der Waals surface area contributed by atoms with Gasteiger partial charge < -0.3 is 9.88 Å². The Kier molecular flexibility index (Phi) is 4.16. The molecule has 0 unspecified atom stereocenters. The van der Waals surface area contributed by atoms with Crippen molar-refractivity contribution in [2.24, 2.45) is 0 Å². The number of nitrogens with one attached hydrogen (secondary N) is 1. The molecule has 106 valence electrons. The summed E-state index contributed by atoms with van der Waals surface area (Å²) in [6.45, 7) is 0.592. The fourth-order valence-electron chi connectivity index (χ4n) is 2.31. The van der Waals surface area contributed by atoms with Gasteiger partial charge in [0.05, 0.1) is 18.6 Å². The smallest absolute Gasteiger partial charge is 0.220 e. The lowest BCUT2D eigenvalue weighted by atomic mass is 10.2.